The van der Waals surface area contributed by atoms with Crippen LogP contribution in [0.5, 0.6) is 23.0 Å². The number of nitrogens with two attached hydrogens (primary N) is 1. The van der Waals surface area contributed by atoms with Crippen molar-refractivity contribution < 1.29 is 33.3 Å². The predicted octanol–water partition coefficient (Wildman–Crippen LogP) is 4.21. The second-order valence-corrected chi connectivity index (χ2v) is 9.56. The molecule has 0 bridgehead atoms. The summed E-state index contributed by atoms with van der Waals surface area (Å²) in [7, 11) is 4.53. The van der Waals surface area contributed by atoms with E-state index in [1.165, 1.54) is 27.4 Å². The fourth-order valence-electron chi connectivity index (χ4n) is 4.79. The lowest BCUT2D eigenvalue weighted by atomic mass is 9.99. The molecule has 9 nitrogen and oxygen atoms in total. The van der Waals surface area contributed by atoms with Crippen LogP contribution in [0.2, 0.25) is 5.02 Å². The molecule has 200 valence electrons. The number of ether oxygens (including phenoxy) is 5. The van der Waals surface area contributed by atoms with Crippen molar-refractivity contribution in [2.75, 3.05) is 40.2 Å². The van der Waals surface area contributed by atoms with Crippen molar-refractivity contribution >= 4 is 29.0 Å². The lowest BCUT2D eigenvalue weighted by Gasteiger charge is -2.23. The number of methoxy groups -OCH3 is 3. The zero-order chi connectivity index (χ0) is 26.5. The summed E-state index contributed by atoms with van der Waals surface area (Å²) >= 11 is 6.34. The van der Waals surface area contributed by atoms with Crippen LogP contribution in [0.1, 0.15) is 58.4 Å². The molecule has 2 aliphatic heterocycles. The molecule has 2 aliphatic rings. The van der Waals surface area contributed by atoms with Crippen molar-refractivity contribution in [3.63, 3.8) is 0 Å². The van der Waals surface area contributed by atoms with Crippen molar-refractivity contribution in [2.24, 2.45) is 0 Å². The molecule has 1 saturated heterocycles. The smallest absolute Gasteiger partial charge is 0.342 e. The van der Waals surface area contributed by atoms with Crippen molar-refractivity contribution in [1.29, 1.82) is 0 Å². The van der Waals surface area contributed by atoms with E-state index in [2.05, 4.69) is 5.32 Å². The number of piperidine rings is 1. The van der Waals surface area contributed by atoms with Crippen molar-refractivity contribution in [3.05, 3.63) is 39.9 Å². The molecule has 3 N–H and O–H groups in total. The van der Waals surface area contributed by atoms with E-state index in [1.54, 1.807) is 12.1 Å². The Labute approximate surface area is 221 Å². The van der Waals surface area contributed by atoms with Gasteiger partial charge in [0, 0.05) is 24.0 Å². The number of Topliss-reactive ketones (excluding diaryl/α,β-unsaturated/α-hetero) is 1. The molecule has 2 heterocycles. The van der Waals surface area contributed by atoms with Gasteiger partial charge in [0.1, 0.15) is 23.5 Å². The lowest BCUT2D eigenvalue weighted by Crippen LogP contribution is -2.33. The Morgan fingerprint density at radius 1 is 1.08 bits per heavy atom. The first-order chi connectivity index (χ1) is 17.9. The second kappa shape index (κ2) is 11.9. The number of nitrogens with one attached hydrogen (secondary N) is 1. The van der Waals surface area contributed by atoms with Gasteiger partial charge in [-0.05, 0) is 57.0 Å². The number of benzene rings is 2. The number of carbonyl (C=O) groups excluding carboxylic acids is 2. The minimum absolute atomic E-state index is 0.0523. The Kier molecular flexibility index (Phi) is 8.66. The molecule has 10 heteroatoms. The van der Waals surface area contributed by atoms with Gasteiger partial charge in [-0.15, -0.1) is 0 Å². The molecule has 2 aromatic rings. The average molecular weight is 533 g/mol. The lowest BCUT2D eigenvalue weighted by molar-refractivity contribution is 0.0225. The Hall–Kier alpha value is -3.17. The van der Waals surface area contributed by atoms with Gasteiger partial charge in [-0.25, -0.2) is 4.79 Å². The summed E-state index contributed by atoms with van der Waals surface area (Å²) in [6.07, 6.45) is 3.15. The van der Waals surface area contributed by atoms with E-state index < -0.39 is 5.97 Å². The Morgan fingerprint density at radius 3 is 2.38 bits per heavy atom. The van der Waals surface area contributed by atoms with Crippen LogP contribution in [0.4, 0.5) is 5.69 Å². The van der Waals surface area contributed by atoms with Gasteiger partial charge in [0.25, 0.3) is 0 Å². The normalized spacial score (nSPS) is 17.0. The summed E-state index contributed by atoms with van der Waals surface area (Å²) in [5.74, 6) is 1.21. The quantitative estimate of drug-likeness (QED) is 0.263. The first kappa shape index (κ1) is 26.9. The van der Waals surface area contributed by atoms with Crippen LogP contribution in [0.25, 0.3) is 0 Å². The summed E-state index contributed by atoms with van der Waals surface area (Å²) in [6, 6.07) is 4.82. The second-order valence-electron chi connectivity index (χ2n) is 9.16. The third-order valence-corrected chi connectivity index (χ3v) is 7.10. The van der Waals surface area contributed by atoms with Gasteiger partial charge in [-0.1, -0.05) is 11.6 Å². The molecule has 0 amide bonds. The van der Waals surface area contributed by atoms with Crippen LogP contribution in [-0.4, -0.2) is 58.4 Å². The van der Waals surface area contributed by atoms with Crippen LogP contribution < -0.4 is 30.0 Å². The summed E-state index contributed by atoms with van der Waals surface area (Å²) in [6.45, 7) is 1.62. The first-order valence-electron chi connectivity index (χ1n) is 12.4. The Bertz CT molecular complexity index is 1140. The van der Waals surface area contributed by atoms with E-state index in [4.69, 9.17) is 41.0 Å². The largest absolute Gasteiger partial charge is 0.493 e. The van der Waals surface area contributed by atoms with E-state index in [9.17, 15) is 9.59 Å². The molecule has 2 aromatic carbocycles. The minimum atomic E-state index is -0.455. The highest BCUT2D eigenvalue weighted by Gasteiger charge is 2.32. The molecule has 1 unspecified atom stereocenters. The SMILES string of the molecule is COc1cc(C(=O)CCCC2Cc3c(N)c(Cl)cc(C(=O)OC4CCNCC4)c3O2)cc(OC)c1OC. The Balaban J connectivity index is 1.40. The summed E-state index contributed by atoms with van der Waals surface area (Å²) in [4.78, 5) is 25.9. The number of fused-ring (bicyclic) bond motifs is 1. The van der Waals surface area contributed by atoms with Gasteiger partial charge in [0.05, 0.1) is 32.0 Å². The average Bonchev–Trinajstić information content (AvgIpc) is 3.34. The van der Waals surface area contributed by atoms with Gasteiger partial charge in [0.2, 0.25) is 5.75 Å². The van der Waals surface area contributed by atoms with Crippen LogP contribution in [0.3, 0.4) is 0 Å². The van der Waals surface area contributed by atoms with E-state index in [-0.39, 0.29) is 18.0 Å². The van der Waals surface area contributed by atoms with E-state index in [0.29, 0.717) is 76.1 Å². The fraction of sp³-hybridized carbons (Fsp3) is 0.481. The van der Waals surface area contributed by atoms with E-state index in [0.717, 1.165) is 25.9 Å². The molecule has 1 atom stereocenters. The predicted molar refractivity (Wildman–Crippen MR) is 140 cm³/mol. The highest BCUT2D eigenvalue weighted by atomic mass is 35.5. The number of ketones is 1. The summed E-state index contributed by atoms with van der Waals surface area (Å²) in [5.41, 5.74) is 8.11. The molecule has 37 heavy (non-hydrogen) atoms. The number of nitrogen functional groups attached to an aromatic ring is 1. The van der Waals surface area contributed by atoms with Crippen LogP contribution in [0, 0.1) is 0 Å². The summed E-state index contributed by atoms with van der Waals surface area (Å²) in [5, 5.41) is 3.55. The molecule has 0 radical (unpaired) electrons. The molecular formula is C27H33ClN2O7. The molecule has 0 spiro atoms. The van der Waals surface area contributed by atoms with Crippen molar-refractivity contribution in [1.82, 2.24) is 5.32 Å². The maximum Gasteiger partial charge on any atom is 0.342 e. The van der Waals surface area contributed by atoms with E-state index in [1.807, 2.05) is 0 Å². The fourth-order valence-corrected chi connectivity index (χ4v) is 5.01. The number of esters is 1. The number of halogens is 1. The van der Waals surface area contributed by atoms with E-state index >= 15 is 0 Å². The molecule has 0 aliphatic carbocycles. The number of hydrogen-bond donors (Lipinski definition) is 2. The molecule has 1 fully saturated rings. The number of rotatable bonds is 10. The van der Waals surface area contributed by atoms with Crippen LogP contribution in [0.15, 0.2) is 18.2 Å². The maximum absolute atomic E-state index is 13.0. The first-order valence-corrected chi connectivity index (χ1v) is 12.8. The van der Waals surface area contributed by atoms with Gasteiger partial charge in [-0.3, -0.25) is 4.79 Å². The number of hydrogen-bond acceptors (Lipinski definition) is 9. The molecule has 0 saturated carbocycles. The van der Waals surface area contributed by atoms with Gasteiger partial charge in [0.15, 0.2) is 17.3 Å². The minimum Gasteiger partial charge on any atom is -0.493 e. The van der Waals surface area contributed by atoms with Crippen molar-refractivity contribution in [3.8, 4) is 23.0 Å². The maximum atomic E-state index is 13.0. The highest BCUT2D eigenvalue weighted by molar-refractivity contribution is 6.33. The number of anilines is 1. The molecular weight excluding hydrogens is 500 g/mol. The summed E-state index contributed by atoms with van der Waals surface area (Å²) < 4.78 is 27.9. The third kappa shape index (κ3) is 5.88. The zero-order valence-corrected chi connectivity index (χ0v) is 22.1. The monoisotopic (exact) mass is 532 g/mol. The van der Waals surface area contributed by atoms with Gasteiger partial charge < -0.3 is 34.7 Å². The van der Waals surface area contributed by atoms with Crippen LogP contribution in [-0.2, 0) is 11.2 Å². The third-order valence-electron chi connectivity index (χ3n) is 6.78. The molecule has 0 aromatic heterocycles. The van der Waals surface area contributed by atoms with Gasteiger partial charge in [-0.2, -0.15) is 0 Å². The topological polar surface area (TPSA) is 118 Å². The number of carbonyl (C=O) groups is 2. The van der Waals surface area contributed by atoms with Crippen LogP contribution >= 0.6 is 11.6 Å². The van der Waals surface area contributed by atoms with Gasteiger partial charge >= 0.3 is 5.97 Å². The molecule has 4 rings (SSSR count). The Morgan fingerprint density at radius 2 is 1.76 bits per heavy atom. The van der Waals surface area contributed by atoms with Crippen molar-refractivity contribution in [2.45, 2.75) is 50.7 Å². The standard InChI is InChI=1S/C27H33ClN2O7/c1-33-22-11-15(12-23(34-2)26(22)35-3)21(31)6-4-5-17-13-18-24(29)20(28)14-19(25(18)36-17)27(32)37-16-7-9-30-10-8-16/h11-12,14,16-17,30H,4-10,13,29H2,1-3H3. The highest BCUT2D eigenvalue weighted by Crippen LogP contribution is 2.42. The zero-order valence-electron chi connectivity index (χ0n) is 21.4.